The first-order valence-electron chi connectivity index (χ1n) is 9.54. The number of halogens is 2. The Balaban J connectivity index is 1.66. The zero-order valence-corrected chi connectivity index (χ0v) is 19.5. The summed E-state index contributed by atoms with van der Waals surface area (Å²) < 4.78 is 0. The van der Waals surface area contributed by atoms with Gasteiger partial charge in [-0.05, 0) is 54.6 Å². The first-order valence-corrected chi connectivity index (χ1v) is 11.3. The Labute approximate surface area is 207 Å². The number of benzene rings is 3. The highest BCUT2D eigenvalue weighted by Crippen LogP contribution is 2.26. The number of rotatable bonds is 8. The highest BCUT2D eigenvalue weighted by Gasteiger charge is 2.19. The fourth-order valence-electron chi connectivity index (χ4n) is 2.83. The third kappa shape index (κ3) is 6.50. The number of aromatic carboxylic acids is 2. The predicted molar refractivity (Wildman–Crippen MR) is 131 cm³/mol. The molecule has 0 radical (unpaired) electrons. The Bertz CT molecular complexity index is 1300. The molecule has 34 heavy (non-hydrogen) atoms. The van der Waals surface area contributed by atoms with Gasteiger partial charge in [0.2, 0.25) is 5.91 Å². The van der Waals surface area contributed by atoms with Crippen molar-refractivity contribution in [3.8, 4) is 0 Å². The van der Waals surface area contributed by atoms with Crippen LogP contribution < -0.4 is 10.6 Å². The van der Waals surface area contributed by atoms with Gasteiger partial charge in [-0.1, -0.05) is 29.3 Å². The fraction of sp³-hybridized carbons (Fsp3) is 0.0435. The molecule has 8 nitrogen and oxygen atoms in total. The van der Waals surface area contributed by atoms with Gasteiger partial charge in [0, 0.05) is 16.3 Å². The number of nitrogens with one attached hydrogen (secondary N) is 2. The van der Waals surface area contributed by atoms with Crippen molar-refractivity contribution in [3.05, 3.63) is 87.4 Å². The maximum absolute atomic E-state index is 12.6. The number of carboxylic acid groups (broad SMARTS) is 2. The standard InChI is InChI=1S/C23H16Cl2N2O6S/c24-18-7-5-14(10-19(18)25)26-20(28)11-34-15-3-1-2-13(9-15)27-21(29)16-6-4-12(22(30)31)8-17(16)23(32)33/h1-10H,11H2,(H,26,28)(H,27,29)(H,30,31)(H,32,33). The van der Waals surface area contributed by atoms with Crippen LogP contribution in [0.15, 0.2) is 65.6 Å². The monoisotopic (exact) mass is 518 g/mol. The number of anilines is 2. The summed E-state index contributed by atoms with van der Waals surface area (Å²) in [5.74, 6) is -3.64. The molecule has 0 aliphatic carbocycles. The average molecular weight is 519 g/mol. The second-order valence-corrected chi connectivity index (χ2v) is 8.68. The molecule has 0 aliphatic rings. The van der Waals surface area contributed by atoms with E-state index in [0.717, 1.165) is 18.2 Å². The molecular weight excluding hydrogens is 503 g/mol. The molecule has 174 valence electrons. The number of hydrogen-bond donors (Lipinski definition) is 4. The second kappa shape index (κ2) is 11.1. The molecule has 0 heterocycles. The smallest absolute Gasteiger partial charge is 0.336 e. The summed E-state index contributed by atoms with van der Waals surface area (Å²) in [7, 11) is 0. The van der Waals surface area contributed by atoms with E-state index in [2.05, 4.69) is 10.6 Å². The van der Waals surface area contributed by atoms with Gasteiger partial charge in [0.05, 0.1) is 32.5 Å². The van der Waals surface area contributed by atoms with Gasteiger partial charge in [0.1, 0.15) is 0 Å². The Morgan fingerprint density at radius 2 is 1.50 bits per heavy atom. The molecule has 0 aliphatic heterocycles. The largest absolute Gasteiger partial charge is 0.478 e. The summed E-state index contributed by atoms with van der Waals surface area (Å²) in [6.07, 6.45) is 0. The molecule has 3 rings (SSSR count). The normalized spacial score (nSPS) is 10.4. The first-order chi connectivity index (χ1) is 16.1. The number of carbonyl (C=O) groups excluding carboxylic acids is 2. The highest BCUT2D eigenvalue weighted by molar-refractivity contribution is 8.00. The number of carboxylic acids is 2. The van der Waals surface area contributed by atoms with E-state index in [1.807, 2.05) is 0 Å². The Morgan fingerprint density at radius 3 is 2.18 bits per heavy atom. The van der Waals surface area contributed by atoms with Crippen molar-refractivity contribution < 1.29 is 29.4 Å². The van der Waals surface area contributed by atoms with Crippen molar-refractivity contribution in [3.63, 3.8) is 0 Å². The second-order valence-electron chi connectivity index (χ2n) is 6.82. The zero-order valence-electron chi connectivity index (χ0n) is 17.2. The topological polar surface area (TPSA) is 133 Å². The lowest BCUT2D eigenvalue weighted by atomic mass is 10.0. The van der Waals surface area contributed by atoms with Gasteiger partial charge >= 0.3 is 11.9 Å². The van der Waals surface area contributed by atoms with Crippen LogP contribution in [-0.2, 0) is 4.79 Å². The highest BCUT2D eigenvalue weighted by atomic mass is 35.5. The molecule has 0 saturated carbocycles. The van der Waals surface area contributed by atoms with E-state index in [1.54, 1.807) is 36.4 Å². The number of amides is 2. The van der Waals surface area contributed by atoms with E-state index in [1.165, 1.54) is 17.8 Å². The van der Waals surface area contributed by atoms with E-state index in [0.29, 0.717) is 26.3 Å². The van der Waals surface area contributed by atoms with E-state index in [4.69, 9.17) is 28.3 Å². The van der Waals surface area contributed by atoms with Crippen molar-refractivity contribution >= 4 is 70.1 Å². The number of carbonyl (C=O) groups is 4. The van der Waals surface area contributed by atoms with Gasteiger partial charge in [-0.15, -0.1) is 11.8 Å². The van der Waals surface area contributed by atoms with Crippen LogP contribution in [0.1, 0.15) is 31.1 Å². The molecule has 0 atom stereocenters. The summed E-state index contributed by atoms with van der Waals surface area (Å²) >= 11 is 13.0. The minimum atomic E-state index is -1.43. The van der Waals surface area contributed by atoms with Crippen molar-refractivity contribution in [1.82, 2.24) is 0 Å². The van der Waals surface area contributed by atoms with Crippen molar-refractivity contribution in [2.45, 2.75) is 4.90 Å². The Morgan fingerprint density at radius 1 is 0.765 bits per heavy atom. The quantitative estimate of drug-likeness (QED) is 0.294. The van der Waals surface area contributed by atoms with Gasteiger partial charge in [0.15, 0.2) is 0 Å². The third-order valence-electron chi connectivity index (χ3n) is 4.41. The summed E-state index contributed by atoms with van der Waals surface area (Å²) in [5.41, 5.74) is 0.0210. The summed E-state index contributed by atoms with van der Waals surface area (Å²) in [5, 5.41) is 24.4. The molecule has 4 N–H and O–H groups in total. The van der Waals surface area contributed by atoms with E-state index >= 15 is 0 Å². The molecule has 0 spiro atoms. The van der Waals surface area contributed by atoms with Gasteiger partial charge in [-0.25, -0.2) is 9.59 Å². The summed E-state index contributed by atoms with van der Waals surface area (Å²) in [4.78, 5) is 48.1. The third-order valence-corrected chi connectivity index (χ3v) is 6.14. The van der Waals surface area contributed by atoms with Crippen LogP contribution in [0.4, 0.5) is 11.4 Å². The SMILES string of the molecule is O=C(CSc1cccc(NC(=O)c2ccc(C(=O)O)cc2C(=O)O)c1)Nc1ccc(Cl)c(Cl)c1. The fourth-order valence-corrected chi connectivity index (χ4v) is 3.89. The zero-order chi connectivity index (χ0) is 24.8. The van der Waals surface area contributed by atoms with Crippen LogP contribution in [0, 0.1) is 0 Å². The molecule has 0 unspecified atom stereocenters. The summed E-state index contributed by atoms with van der Waals surface area (Å²) in [6, 6.07) is 14.6. The van der Waals surface area contributed by atoms with Gasteiger partial charge in [-0.2, -0.15) is 0 Å². The molecule has 2 amide bonds. The Kier molecular flexibility index (Phi) is 8.17. The van der Waals surface area contributed by atoms with Crippen LogP contribution in [-0.4, -0.2) is 39.7 Å². The molecule has 0 saturated heterocycles. The molecule has 3 aromatic carbocycles. The predicted octanol–water partition coefficient (Wildman–Crippen LogP) is 5.37. The lowest BCUT2D eigenvalue weighted by Gasteiger charge is -2.10. The van der Waals surface area contributed by atoms with Crippen molar-refractivity contribution in [2.75, 3.05) is 16.4 Å². The maximum Gasteiger partial charge on any atom is 0.336 e. The van der Waals surface area contributed by atoms with E-state index in [-0.39, 0.29) is 22.8 Å². The van der Waals surface area contributed by atoms with Crippen LogP contribution >= 0.6 is 35.0 Å². The molecule has 0 aromatic heterocycles. The van der Waals surface area contributed by atoms with Crippen LogP contribution in [0.3, 0.4) is 0 Å². The molecule has 11 heteroatoms. The number of hydrogen-bond acceptors (Lipinski definition) is 5. The first kappa shape index (κ1) is 25.1. The minimum Gasteiger partial charge on any atom is -0.478 e. The molecular formula is C23H16Cl2N2O6S. The van der Waals surface area contributed by atoms with Crippen molar-refractivity contribution in [1.29, 1.82) is 0 Å². The molecule has 0 fully saturated rings. The van der Waals surface area contributed by atoms with Crippen LogP contribution in [0.2, 0.25) is 10.0 Å². The van der Waals surface area contributed by atoms with Gasteiger partial charge < -0.3 is 20.8 Å². The molecule has 3 aromatic rings. The molecule has 0 bridgehead atoms. The van der Waals surface area contributed by atoms with E-state index < -0.39 is 23.4 Å². The lowest BCUT2D eigenvalue weighted by molar-refractivity contribution is -0.113. The van der Waals surface area contributed by atoms with Crippen LogP contribution in [0.25, 0.3) is 0 Å². The minimum absolute atomic E-state index is 0.0808. The average Bonchev–Trinajstić information content (AvgIpc) is 2.80. The summed E-state index contributed by atoms with van der Waals surface area (Å²) in [6.45, 7) is 0. The van der Waals surface area contributed by atoms with Crippen LogP contribution in [0.5, 0.6) is 0 Å². The van der Waals surface area contributed by atoms with Gasteiger partial charge in [-0.3, -0.25) is 9.59 Å². The maximum atomic E-state index is 12.6. The number of thioether (sulfide) groups is 1. The van der Waals surface area contributed by atoms with Crippen molar-refractivity contribution in [2.24, 2.45) is 0 Å². The Hall–Kier alpha value is -3.53. The lowest BCUT2D eigenvalue weighted by Crippen LogP contribution is -2.17. The van der Waals surface area contributed by atoms with E-state index in [9.17, 15) is 24.3 Å². The van der Waals surface area contributed by atoms with Gasteiger partial charge in [0.25, 0.3) is 5.91 Å².